The summed E-state index contributed by atoms with van der Waals surface area (Å²) in [4.78, 5) is 11.7. The van der Waals surface area contributed by atoms with E-state index < -0.39 is 5.60 Å². The van der Waals surface area contributed by atoms with Gasteiger partial charge in [0.1, 0.15) is 5.76 Å². The highest BCUT2D eigenvalue weighted by molar-refractivity contribution is 5.99. The van der Waals surface area contributed by atoms with Crippen molar-refractivity contribution in [3.05, 3.63) is 35.6 Å². The van der Waals surface area contributed by atoms with Crippen LogP contribution >= 0.6 is 0 Å². The second kappa shape index (κ2) is 6.13. The Balaban J connectivity index is 2.29. The van der Waals surface area contributed by atoms with Gasteiger partial charge in [-0.1, -0.05) is 6.08 Å². The molecule has 0 saturated heterocycles. The van der Waals surface area contributed by atoms with Gasteiger partial charge < -0.3 is 18.9 Å². The molecule has 1 aromatic rings. The number of methoxy groups -OCH3 is 3. The van der Waals surface area contributed by atoms with Crippen molar-refractivity contribution in [2.45, 2.75) is 19.4 Å². The number of allylic oxidation sites excluding steroid dienone is 1. The van der Waals surface area contributed by atoms with Crippen LogP contribution in [0.25, 0.3) is 6.08 Å². The van der Waals surface area contributed by atoms with E-state index in [9.17, 15) is 4.79 Å². The Morgan fingerprint density at radius 2 is 1.59 bits per heavy atom. The largest absolute Gasteiger partial charge is 0.493 e. The van der Waals surface area contributed by atoms with Gasteiger partial charge >= 0.3 is 0 Å². The molecule has 0 fully saturated rings. The third kappa shape index (κ3) is 3.08. The van der Waals surface area contributed by atoms with Crippen LogP contribution in [-0.4, -0.2) is 32.7 Å². The summed E-state index contributed by atoms with van der Waals surface area (Å²) in [5.74, 6) is 2.16. The smallest absolute Gasteiger partial charge is 0.203 e. The van der Waals surface area contributed by atoms with Gasteiger partial charge in [0.2, 0.25) is 11.5 Å². The third-order valence-electron chi connectivity index (χ3n) is 3.37. The summed E-state index contributed by atoms with van der Waals surface area (Å²) in [6.07, 6.45) is 5.06. The van der Waals surface area contributed by atoms with Crippen molar-refractivity contribution in [2.24, 2.45) is 0 Å². The summed E-state index contributed by atoms with van der Waals surface area (Å²) in [6, 6.07) is 3.64. The first-order valence-corrected chi connectivity index (χ1v) is 6.84. The molecule has 0 atom stereocenters. The molecule has 2 rings (SSSR count). The molecule has 0 spiro atoms. The summed E-state index contributed by atoms with van der Waals surface area (Å²) in [7, 11) is 4.68. The van der Waals surface area contributed by atoms with E-state index in [0.717, 1.165) is 5.56 Å². The van der Waals surface area contributed by atoms with E-state index in [4.69, 9.17) is 18.9 Å². The molecule has 22 heavy (non-hydrogen) atoms. The molecule has 0 bridgehead atoms. The predicted octanol–water partition coefficient (Wildman–Crippen LogP) is 2.99. The van der Waals surface area contributed by atoms with Crippen LogP contribution in [0.15, 0.2) is 30.0 Å². The summed E-state index contributed by atoms with van der Waals surface area (Å²) < 4.78 is 21.5. The molecule has 118 valence electrons. The number of hydrogen-bond acceptors (Lipinski definition) is 5. The lowest BCUT2D eigenvalue weighted by Gasteiger charge is -2.16. The highest BCUT2D eigenvalue weighted by atomic mass is 16.5. The zero-order valence-electron chi connectivity index (χ0n) is 13.4. The molecular formula is C17H20O5. The second-order valence-electron chi connectivity index (χ2n) is 5.32. The maximum atomic E-state index is 11.7. The number of hydrogen-bond donors (Lipinski definition) is 0. The van der Waals surface area contributed by atoms with Crippen molar-refractivity contribution >= 4 is 11.9 Å². The number of benzene rings is 1. The van der Waals surface area contributed by atoms with Gasteiger partial charge in [-0.25, -0.2) is 0 Å². The normalized spacial score (nSPS) is 16.4. The number of ketones is 1. The van der Waals surface area contributed by atoms with Crippen LogP contribution in [0.3, 0.4) is 0 Å². The molecule has 0 amide bonds. The summed E-state index contributed by atoms with van der Waals surface area (Å²) >= 11 is 0. The van der Waals surface area contributed by atoms with E-state index in [2.05, 4.69) is 0 Å². The number of carbonyl (C=O) groups excluding carboxylic acids is 1. The fraction of sp³-hybridized carbons (Fsp3) is 0.353. The van der Waals surface area contributed by atoms with Crippen LogP contribution in [0.1, 0.15) is 19.4 Å². The number of ether oxygens (including phenoxy) is 4. The highest BCUT2D eigenvalue weighted by Gasteiger charge is 2.33. The molecule has 0 saturated carbocycles. The van der Waals surface area contributed by atoms with Crippen molar-refractivity contribution in [2.75, 3.05) is 21.3 Å². The average molecular weight is 304 g/mol. The van der Waals surface area contributed by atoms with E-state index in [-0.39, 0.29) is 5.78 Å². The topological polar surface area (TPSA) is 54.0 Å². The lowest BCUT2D eigenvalue weighted by atomic mass is 10.1. The quantitative estimate of drug-likeness (QED) is 0.837. The fourth-order valence-corrected chi connectivity index (χ4v) is 2.14. The Bertz CT molecular complexity index is 615. The molecule has 1 aliphatic heterocycles. The molecule has 5 nitrogen and oxygen atoms in total. The van der Waals surface area contributed by atoms with E-state index in [1.807, 2.05) is 18.2 Å². The van der Waals surface area contributed by atoms with Gasteiger partial charge in [-0.15, -0.1) is 0 Å². The Kier molecular flexibility index (Phi) is 4.45. The van der Waals surface area contributed by atoms with E-state index in [1.54, 1.807) is 41.3 Å². The van der Waals surface area contributed by atoms with Crippen molar-refractivity contribution in [1.29, 1.82) is 0 Å². The number of rotatable bonds is 5. The van der Waals surface area contributed by atoms with Gasteiger partial charge in [0.15, 0.2) is 17.1 Å². The van der Waals surface area contributed by atoms with Gasteiger partial charge in [-0.2, -0.15) is 0 Å². The first-order chi connectivity index (χ1) is 10.4. The first-order valence-electron chi connectivity index (χ1n) is 6.84. The van der Waals surface area contributed by atoms with Crippen LogP contribution in [-0.2, 0) is 9.53 Å². The van der Waals surface area contributed by atoms with E-state index >= 15 is 0 Å². The van der Waals surface area contributed by atoms with Gasteiger partial charge in [0, 0.05) is 6.08 Å². The fourth-order valence-electron chi connectivity index (χ4n) is 2.14. The molecule has 0 unspecified atom stereocenters. The molecule has 0 aliphatic carbocycles. The van der Waals surface area contributed by atoms with Crippen molar-refractivity contribution in [1.82, 2.24) is 0 Å². The van der Waals surface area contributed by atoms with Crippen LogP contribution < -0.4 is 14.2 Å². The SMILES string of the molecule is COc1cc(/C=C/C2=CC(=O)C(C)(C)O2)cc(OC)c1OC. The lowest BCUT2D eigenvalue weighted by molar-refractivity contribution is -0.126. The monoisotopic (exact) mass is 304 g/mol. The van der Waals surface area contributed by atoms with Gasteiger partial charge in [0.25, 0.3) is 0 Å². The Labute approximate surface area is 130 Å². The first kappa shape index (κ1) is 15.9. The second-order valence-corrected chi connectivity index (χ2v) is 5.32. The standard InChI is InChI=1S/C17H20O5/c1-17(2)15(18)10-12(22-17)7-6-11-8-13(19-3)16(21-5)14(9-11)20-4/h6-10H,1-5H3/b7-6+. The van der Waals surface area contributed by atoms with Crippen LogP contribution in [0.4, 0.5) is 0 Å². The van der Waals surface area contributed by atoms with E-state index in [0.29, 0.717) is 23.0 Å². The molecule has 1 heterocycles. The summed E-state index contributed by atoms with van der Waals surface area (Å²) in [5, 5.41) is 0. The molecule has 1 aliphatic rings. The Morgan fingerprint density at radius 1 is 1.00 bits per heavy atom. The van der Waals surface area contributed by atoms with Crippen LogP contribution in [0.2, 0.25) is 0 Å². The van der Waals surface area contributed by atoms with Crippen LogP contribution in [0, 0.1) is 0 Å². The lowest BCUT2D eigenvalue weighted by Crippen LogP contribution is -2.27. The maximum absolute atomic E-state index is 11.7. The van der Waals surface area contributed by atoms with Crippen LogP contribution in [0.5, 0.6) is 17.2 Å². The Hall–Kier alpha value is -2.43. The minimum Gasteiger partial charge on any atom is -0.493 e. The Morgan fingerprint density at radius 3 is 2.00 bits per heavy atom. The predicted molar refractivity (Wildman–Crippen MR) is 83.4 cm³/mol. The van der Waals surface area contributed by atoms with Crippen molar-refractivity contribution < 1.29 is 23.7 Å². The molecule has 0 aromatic heterocycles. The van der Waals surface area contributed by atoms with Gasteiger partial charge in [-0.3, -0.25) is 4.79 Å². The van der Waals surface area contributed by atoms with Gasteiger partial charge in [-0.05, 0) is 37.6 Å². The summed E-state index contributed by atoms with van der Waals surface area (Å²) in [6.45, 7) is 3.48. The zero-order valence-corrected chi connectivity index (χ0v) is 13.4. The summed E-state index contributed by atoms with van der Waals surface area (Å²) in [5.41, 5.74) is 0.0470. The van der Waals surface area contributed by atoms with Crippen molar-refractivity contribution in [3.8, 4) is 17.2 Å². The molecular weight excluding hydrogens is 284 g/mol. The van der Waals surface area contributed by atoms with E-state index in [1.165, 1.54) is 6.08 Å². The maximum Gasteiger partial charge on any atom is 0.203 e. The third-order valence-corrected chi connectivity index (χ3v) is 3.37. The number of carbonyl (C=O) groups is 1. The zero-order chi connectivity index (χ0) is 16.3. The molecule has 5 heteroatoms. The van der Waals surface area contributed by atoms with Gasteiger partial charge in [0.05, 0.1) is 21.3 Å². The minimum absolute atomic E-state index is 0.0444. The molecule has 0 N–H and O–H groups in total. The van der Waals surface area contributed by atoms with Crippen molar-refractivity contribution in [3.63, 3.8) is 0 Å². The molecule has 1 aromatic carbocycles. The molecule has 0 radical (unpaired) electrons. The minimum atomic E-state index is -0.797. The highest BCUT2D eigenvalue weighted by Crippen LogP contribution is 2.38. The average Bonchev–Trinajstić information content (AvgIpc) is 2.76.